The van der Waals surface area contributed by atoms with Crippen LogP contribution in [0.3, 0.4) is 0 Å². The Bertz CT molecular complexity index is 1220. The maximum absolute atomic E-state index is 11.0. The molecule has 4 rings (SSSR count). The van der Waals surface area contributed by atoms with Crippen molar-refractivity contribution >= 4 is 46.4 Å². The van der Waals surface area contributed by atoms with Crippen LogP contribution in [0.5, 0.6) is 0 Å². The molecule has 0 amide bonds. The molecular formula is C28H34Cl4N6O2. The van der Waals surface area contributed by atoms with Crippen molar-refractivity contribution in [2.24, 2.45) is 0 Å². The summed E-state index contributed by atoms with van der Waals surface area (Å²) in [5.41, 5.74) is -0.809. The zero-order chi connectivity index (χ0) is 29.2. The van der Waals surface area contributed by atoms with Crippen molar-refractivity contribution in [1.82, 2.24) is 29.5 Å². The van der Waals surface area contributed by atoms with E-state index in [4.69, 9.17) is 46.4 Å². The van der Waals surface area contributed by atoms with E-state index < -0.39 is 11.2 Å². The fourth-order valence-electron chi connectivity index (χ4n) is 4.43. The molecule has 0 fully saturated rings. The highest BCUT2D eigenvalue weighted by atomic mass is 35.5. The average Bonchev–Trinajstić information content (AvgIpc) is 3.61. The van der Waals surface area contributed by atoms with Gasteiger partial charge in [-0.25, -0.2) is 19.3 Å². The van der Waals surface area contributed by atoms with Gasteiger partial charge in [-0.1, -0.05) is 98.1 Å². The van der Waals surface area contributed by atoms with Crippen LogP contribution in [-0.4, -0.2) is 39.7 Å². The number of hydrogen-bond donors (Lipinski definition) is 2. The smallest absolute Gasteiger partial charge is 0.137 e. The molecule has 2 aromatic carbocycles. The minimum atomic E-state index is -1.08. The van der Waals surface area contributed by atoms with Gasteiger partial charge in [-0.2, -0.15) is 10.2 Å². The second kappa shape index (κ2) is 15.1. The molecule has 40 heavy (non-hydrogen) atoms. The topological polar surface area (TPSA) is 102 Å². The quantitative estimate of drug-likeness (QED) is 0.171. The van der Waals surface area contributed by atoms with Crippen molar-refractivity contribution < 1.29 is 10.2 Å². The molecule has 4 aromatic rings. The highest BCUT2D eigenvalue weighted by Crippen LogP contribution is 2.36. The highest BCUT2D eigenvalue weighted by Gasteiger charge is 2.33. The zero-order valence-corrected chi connectivity index (χ0v) is 25.5. The number of benzene rings is 2. The molecule has 12 heteroatoms. The summed E-state index contributed by atoms with van der Waals surface area (Å²) < 4.78 is 3.22. The van der Waals surface area contributed by atoms with E-state index >= 15 is 0 Å². The van der Waals surface area contributed by atoms with Crippen molar-refractivity contribution in [3.8, 4) is 0 Å². The Balaban J connectivity index is 0.000000220. The van der Waals surface area contributed by atoms with E-state index in [1.807, 2.05) is 0 Å². The Hall–Kier alpha value is -2.20. The van der Waals surface area contributed by atoms with E-state index in [0.29, 0.717) is 57.1 Å². The van der Waals surface area contributed by atoms with E-state index in [9.17, 15) is 10.2 Å². The Morgan fingerprint density at radius 1 is 0.675 bits per heavy atom. The van der Waals surface area contributed by atoms with E-state index in [1.54, 1.807) is 58.4 Å². The van der Waals surface area contributed by atoms with Gasteiger partial charge >= 0.3 is 0 Å². The highest BCUT2D eigenvalue weighted by molar-refractivity contribution is 6.35. The number of aromatic nitrogens is 6. The number of aliphatic hydroxyl groups is 2. The second-order valence-corrected chi connectivity index (χ2v) is 11.4. The van der Waals surface area contributed by atoms with Gasteiger partial charge in [0, 0.05) is 31.2 Å². The van der Waals surface area contributed by atoms with Crippen LogP contribution in [0.25, 0.3) is 0 Å². The summed E-state index contributed by atoms with van der Waals surface area (Å²) in [4.78, 5) is 7.81. The van der Waals surface area contributed by atoms with E-state index in [-0.39, 0.29) is 0 Å². The van der Waals surface area contributed by atoms with Crippen LogP contribution in [0.2, 0.25) is 20.1 Å². The molecule has 0 saturated heterocycles. The number of unbranched alkanes of at least 4 members (excludes halogenated alkanes) is 2. The molecule has 216 valence electrons. The summed E-state index contributed by atoms with van der Waals surface area (Å²) in [6.07, 6.45) is 11.0. The van der Waals surface area contributed by atoms with E-state index in [1.165, 1.54) is 12.7 Å². The molecule has 2 atom stereocenters. The van der Waals surface area contributed by atoms with Gasteiger partial charge in [0.15, 0.2) is 0 Å². The summed E-state index contributed by atoms with van der Waals surface area (Å²) in [7, 11) is 0. The molecule has 2 heterocycles. The van der Waals surface area contributed by atoms with Crippen LogP contribution >= 0.6 is 46.4 Å². The lowest BCUT2D eigenvalue weighted by atomic mass is 9.88. The molecule has 2 N–H and O–H groups in total. The molecule has 0 spiro atoms. The summed E-state index contributed by atoms with van der Waals surface area (Å²) >= 11 is 24.3. The standard InChI is InChI=1S/2C14H17Cl2N3O/c2*1-2-3-6-14(20,8-19-10-17-9-18-19)12-5-4-11(15)7-13(12)16/h2*4-5,7,9-10,20H,2-3,6,8H2,1H3. The third-order valence-corrected chi connectivity index (χ3v) is 7.63. The monoisotopic (exact) mass is 626 g/mol. The molecule has 8 nitrogen and oxygen atoms in total. The van der Waals surface area contributed by atoms with Gasteiger partial charge in [-0.15, -0.1) is 0 Å². The molecule has 2 aromatic heterocycles. The molecule has 2 unspecified atom stereocenters. The first-order valence-corrected chi connectivity index (χ1v) is 14.6. The first-order chi connectivity index (χ1) is 19.1. The number of rotatable bonds is 12. The minimum Gasteiger partial charge on any atom is -0.383 e. The number of halogens is 4. The Kier molecular flexibility index (Phi) is 12.2. The minimum absolute atomic E-state index is 0.314. The van der Waals surface area contributed by atoms with Crippen LogP contribution < -0.4 is 0 Å². The average molecular weight is 628 g/mol. The van der Waals surface area contributed by atoms with Crippen molar-refractivity contribution in [3.05, 3.63) is 92.9 Å². The third kappa shape index (κ3) is 8.90. The molecule has 0 aliphatic heterocycles. The second-order valence-electron chi connectivity index (χ2n) is 9.70. The van der Waals surface area contributed by atoms with Gasteiger partial charge in [0.05, 0.1) is 13.1 Å². The maximum Gasteiger partial charge on any atom is 0.137 e. The Labute approximate surface area is 254 Å². The molecular weight excluding hydrogens is 594 g/mol. The number of nitrogens with zero attached hydrogens (tertiary/aromatic N) is 6. The van der Waals surface area contributed by atoms with Gasteiger partial charge in [-0.3, -0.25) is 0 Å². The van der Waals surface area contributed by atoms with Crippen molar-refractivity contribution in [2.75, 3.05) is 0 Å². The predicted molar refractivity (Wildman–Crippen MR) is 160 cm³/mol. The van der Waals surface area contributed by atoms with Crippen molar-refractivity contribution in [2.45, 2.75) is 76.7 Å². The fourth-order valence-corrected chi connectivity index (χ4v) is 5.60. The summed E-state index contributed by atoms with van der Waals surface area (Å²) in [6.45, 7) is 4.79. The van der Waals surface area contributed by atoms with Crippen LogP contribution in [0.4, 0.5) is 0 Å². The molecule has 0 radical (unpaired) electrons. The van der Waals surface area contributed by atoms with Gasteiger partial charge < -0.3 is 10.2 Å². The van der Waals surface area contributed by atoms with Crippen molar-refractivity contribution in [1.29, 1.82) is 0 Å². The lowest BCUT2D eigenvalue weighted by Crippen LogP contribution is -2.32. The van der Waals surface area contributed by atoms with Crippen molar-refractivity contribution in [3.63, 3.8) is 0 Å². The van der Waals surface area contributed by atoms with Crippen LogP contribution in [-0.2, 0) is 24.3 Å². The summed E-state index contributed by atoms with van der Waals surface area (Å²) in [5, 5.41) is 32.2. The van der Waals surface area contributed by atoms with Gasteiger partial charge in [-0.05, 0) is 37.1 Å². The normalized spacial score (nSPS) is 14.2. The van der Waals surface area contributed by atoms with Gasteiger partial charge in [0.25, 0.3) is 0 Å². The number of hydrogen-bond acceptors (Lipinski definition) is 6. The van der Waals surface area contributed by atoms with Crippen LogP contribution in [0.1, 0.15) is 63.5 Å². The first-order valence-electron chi connectivity index (χ1n) is 13.1. The third-order valence-electron chi connectivity index (χ3n) is 6.53. The van der Waals surface area contributed by atoms with E-state index in [2.05, 4.69) is 34.0 Å². The predicted octanol–water partition coefficient (Wildman–Crippen LogP) is 7.33. The first kappa shape index (κ1) is 32.3. The van der Waals surface area contributed by atoms with Gasteiger partial charge in [0.1, 0.15) is 36.5 Å². The van der Waals surface area contributed by atoms with E-state index in [0.717, 1.165) is 25.7 Å². The summed E-state index contributed by atoms with van der Waals surface area (Å²) in [5.74, 6) is 0. The largest absolute Gasteiger partial charge is 0.383 e. The Morgan fingerprint density at radius 2 is 1.07 bits per heavy atom. The lowest BCUT2D eigenvalue weighted by Gasteiger charge is -2.29. The van der Waals surface area contributed by atoms with Crippen LogP contribution in [0.15, 0.2) is 61.7 Å². The molecule has 0 saturated carbocycles. The summed E-state index contributed by atoms with van der Waals surface area (Å²) in [6, 6.07) is 10.3. The van der Waals surface area contributed by atoms with Crippen LogP contribution in [0, 0.1) is 0 Å². The molecule has 0 aliphatic rings. The fraction of sp³-hybridized carbons (Fsp3) is 0.429. The zero-order valence-electron chi connectivity index (χ0n) is 22.5. The molecule has 0 aliphatic carbocycles. The van der Waals surface area contributed by atoms with Gasteiger partial charge in [0.2, 0.25) is 0 Å². The SMILES string of the molecule is CCCCC(O)(Cn1cncn1)c1ccc(Cl)cc1Cl.CCCCC(O)(Cn1cncn1)c1ccc(Cl)cc1Cl. The maximum atomic E-state index is 11.0. The Morgan fingerprint density at radius 3 is 1.38 bits per heavy atom. The lowest BCUT2D eigenvalue weighted by molar-refractivity contribution is 0.00391. The molecule has 0 bridgehead atoms.